The Labute approximate surface area is 140 Å². The SMILES string of the molecule is Cc1ccc(OCCOC(=O)c2cc3ccccc3cc2O)cc1. The van der Waals surface area contributed by atoms with Gasteiger partial charge < -0.3 is 14.6 Å². The zero-order valence-corrected chi connectivity index (χ0v) is 13.4. The van der Waals surface area contributed by atoms with Crippen LogP contribution in [-0.4, -0.2) is 24.3 Å². The third kappa shape index (κ3) is 3.66. The minimum Gasteiger partial charge on any atom is -0.507 e. The van der Waals surface area contributed by atoms with Gasteiger partial charge in [0, 0.05) is 0 Å². The molecule has 1 N–H and O–H groups in total. The Kier molecular flexibility index (Phi) is 4.66. The number of aromatic hydroxyl groups is 1. The Morgan fingerprint density at radius 1 is 0.958 bits per heavy atom. The number of benzene rings is 3. The molecule has 122 valence electrons. The number of aryl methyl sites for hydroxylation is 1. The Morgan fingerprint density at radius 2 is 1.62 bits per heavy atom. The minimum atomic E-state index is -0.564. The van der Waals surface area contributed by atoms with Gasteiger partial charge in [-0.2, -0.15) is 0 Å². The van der Waals surface area contributed by atoms with Crippen LogP contribution in [0.15, 0.2) is 60.7 Å². The van der Waals surface area contributed by atoms with E-state index in [1.54, 1.807) is 12.1 Å². The van der Waals surface area contributed by atoms with Crippen molar-refractivity contribution in [2.45, 2.75) is 6.92 Å². The summed E-state index contributed by atoms with van der Waals surface area (Å²) in [6, 6.07) is 18.3. The number of phenols is 1. The second kappa shape index (κ2) is 7.04. The van der Waals surface area contributed by atoms with Crippen molar-refractivity contribution >= 4 is 16.7 Å². The van der Waals surface area contributed by atoms with Crippen molar-refractivity contribution < 1.29 is 19.4 Å². The number of carbonyl (C=O) groups excluding carboxylic acids is 1. The van der Waals surface area contributed by atoms with E-state index >= 15 is 0 Å². The fraction of sp³-hybridized carbons (Fsp3) is 0.150. The predicted octanol–water partition coefficient (Wildman–Crippen LogP) is 4.09. The zero-order valence-electron chi connectivity index (χ0n) is 13.4. The van der Waals surface area contributed by atoms with E-state index in [0.29, 0.717) is 0 Å². The number of fused-ring (bicyclic) bond motifs is 1. The van der Waals surface area contributed by atoms with Crippen LogP contribution < -0.4 is 4.74 Å². The first-order valence-corrected chi connectivity index (χ1v) is 7.72. The van der Waals surface area contributed by atoms with E-state index in [0.717, 1.165) is 22.1 Å². The van der Waals surface area contributed by atoms with Crippen LogP contribution >= 0.6 is 0 Å². The molecule has 3 aromatic carbocycles. The van der Waals surface area contributed by atoms with Gasteiger partial charge in [0.25, 0.3) is 0 Å². The van der Waals surface area contributed by atoms with Crippen molar-refractivity contribution in [3.8, 4) is 11.5 Å². The molecular weight excluding hydrogens is 304 g/mol. The summed E-state index contributed by atoms with van der Waals surface area (Å²) >= 11 is 0. The quantitative estimate of drug-likeness (QED) is 0.568. The summed E-state index contributed by atoms with van der Waals surface area (Å²) in [5, 5.41) is 11.8. The predicted molar refractivity (Wildman–Crippen MR) is 92.6 cm³/mol. The van der Waals surface area contributed by atoms with Gasteiger partial charge in [-0.25, -0.2) is 4.79 Å². The number of phenolic OH excluding ortho intramolecular Hbond substituents is 1. The van der Waals surface area contributed by atoms with E-state index in [9.17, 15) is 9.90 Å². The molecule has 3 aromatic rings. The van der Waals surface area contributed by atoms with E-state index in [-0.39, 0.29) is 24.5 Å². The lowest BCUT2D eigenvalue weighted by Crippen LogP contribution is -2.12. The van der Waals surface area contributed by atoms with Crippen molar-refractivity contribution in [1.82, 2.24) is 0 Å². The molecule has 0 fully saturated rings. The average Bonchev–Trinajstić information content (AvgIpc) is 2.59. The van der Waals surface area contributed by atoms with Gasteiger partial charge in [-0.3, -0.25) is 0 Å². The average molecular weight is 322 g/mol. The Balaban J connectivity index is 1.59. The standard InChI is InChI=1S/C20H18O4/c1-14-6-8-17(9-7-14)23-10-11-24-20(22)18-12-15-4-2-3-5-16(15)13-19(18)21/h2-9,12-13,21H,10-11H2,1H3. The smallest absolute Gasteiger partial charge is 0.342 e. The molecule has 0 atom stereocenters. The second-order valence-electron chi connectivity index (χ2n) is 5.51. The molecule has 0 aromatic heterocycles. The third-order valence-corrected chi connectivity index (χ3v) is 3.69. The molecule has 0 saturated heterocycles. The highest BCUT2D eigenvalue weighted by atomic mass is 16.6. The van der Waals surface area contributed by atoms with Crippen LogP contribution in [0.4, 0.5) is 0 Å². The van der Waals surface area contributed by atoms with Gasteiger partial charge in [0.1, 0.15) is 30.3 Å². The normalized spacial score (nSPS) is 10.5. The van der Waals surface area contributed by atoms with Gasteiger partial charge in [0.15, 0.2) is 0 Å². The lowest BCUT2D eigenvalue weighted by atomic mass is 10.1. The van der Waals surface area contributed by atoms with Crippen LogP contribution in [0.1, 0.15) is 15.9 Å². The zero-order chi connectivity index (χ0) is 16.9. The first-order valence-electron chi connectivity index (χ1n) is 7.72. The highest BCUT2D eigenvalue weighted by Gasteiger charge is 2.13. The van der Waals surface area contributed by atoms with Crippen LogP contribution in [0.5, 0.6) is 11.5 Å². The minimum absolute atomic E-state index is 0.0850. The van der Waals surface area contributed by atoms with Crippen molar-refractivity contribution in [3.63, 3.8) is 0 Å². The summed E-state index contributed by atoms with van der Waals surface area (Å²) in [6.07, 6.45) is 0. The Morgan fingerprint density at radius 3 is 2.33 bits per heavy atom. The van der Waals surface area contributed by atoms with Crippen molar-refractivity contribution in [2.75, 3.05) is 13.2 Å². The molecule has 0 amide bonds. The molecule has 0 radical (unpaired) electrons. The molecule has 4 heteroatoms. The number of hydrogen-bond acceptors (Lipinski definition) is 4. The van der Waals surface area contributed by atoms with E-state index in [4.69, 9.17) is 9.47 Å². The number of carbonyl (C=O) groups is 1. The summed E-state index contributed by atoms with van der Waals surface area (Å²) in [7, 11) is 0. The van der Waals surface area contributed by atoms with Gasteiger partial charge in [0.05, 0.1) is 0 Å². The highest BCUT2D eigenvalue weighted by molar-refractivity contribution is 5.98. The van der Waals surface area contributed by atoms with E-state index in [1.807, 2.05) is 55.5 Å². The van der Waals surface area contributed by atoms with Gasteiger partial charge in [-0.05, 0) is 42.0 Å². The van der Waals surface area contributed by atoms with Gasteiger partial charge in [-0.1, -0.05) is 42.0 Å². The largest absolute Gasteiger partial charge is 0.507 e. The van der Waals surface area contributed by atoms with Crippen LogP contribution in [0.25, 0.3) is 10.8 Å². The van der Waals surface area contributed by atoms with Crippen LogP contribution in [-0.2, 0) is 4.74 Å². The number of hydrogen-bond donors (Lipinski definition) is 1. The monoisotopic (exact) mass is 322 g/mol. The van der Waals surface area contributed by atoms with Crippen molar-refractivity contribution in [3.05, 3.63) is 71.8 Å². The lowest BCUT2D eigenvalue weighted by molar-refractivity contribution is 0.0447. The van der Waals surface area contributed by atoms with E-state index in [1.165, 1.54) is 0 Å². The molecule has 0 aliphatic carbocycles. The molecule has 0 bridgehead atoms. The fourth-order valence-corrected chi connectivity index (χ4v) is 2.40. The maximum absolute atomic E-state index is 12.1. The molecule has 0 heterocycles. The Bertz CT molecular complexity index is 853. The highest BCUT2D eigenvalue weighted by Crippen LogP contribution is 2.25. The van der Waals surface area contributed by atoms with E-state index in [2.05, 4.69) is 0 Å². The first kappa shape index (κ1) is 15.9. The van der Waals surface area contributed by atoms with E-state index < -0.39 is 5.97 Å². The van der Waals surface area contributed by atoms with Crippen molar-refractivity contribution in [2.24, 2.45) is 0 Å². The van der Waals surface area contributed by atoms with Gasteiger partial charge in [-0.15, -0.1) is 0 Å². The first-order chi connectivity index (χ1) is 11.6. The number of ether oxygens (including phenoxy) is 2. The number of esters is 1. The van der Waals surface area contributed by atoms with Gasteiger partial charge >= 0.3 is 5.97 Å². The lowest BCUT2D eigenvalue weighted by Gasteiger charge is -2.09. The summed E-state index contributed by atoms with van der Waals surface area (Å²) in [5.41, 5.74) is 1.31. The maximum Gasteiger partial charge on any atom is 0.342 e. The molecule has 0 saturated carbocycles. The molecule has 4 nitrogen and oxygen atoms in total. The second-order valence-corrected chi connectivity index (χ2v) is 5.51. The van der Waals surface area contributed by atoms with Crippen LogP contribution in [0.3, 0.4) is 0 Å². The fourth-order valence-electron chi connectivity index (χ4n) is 2.40. The topological polar surface area (TPSA) is 55.8 Å². The van der Waals surface area contributed by atoms with Crippen LogP contribution in [0, 0.1) is 6.92 Å². The summed E-state index contributed by atoms with van der Waals surface area (Å²) in [6.45, 7) is 2.36. The third-order valence-electron chi connectivity index (χ3n) is 3.69. The maximum atomic E-state index is 12.1. The summed E-state index contributed by atoms with van der Waals surface area (Å²) < 4.78 is 10.7. The summed E-state index contributed by atoms with van der Waals surface area (Å²) in [4.78, 5) is 12.1. The van der Waals surface area contributed by atoms with Crippen molar-refractivity contribution in [1.29, 1.82) is 0 Å². The molecule has 0 unspecified atom stereocenters. The molecule has 0 spiro atoms. The molecule has 0 aliphatic rings. The molecule has 24 heavy (non-hydrogen) atoms. The Hall–Kier alpha value is -3.01. The summed E-state index contributed by atoms with van der Waals surface area (Å²) in [5.74, 6) is 0.0779. The molecule has 3 rings (SSSR count). The number of rotatable bonds is 5. The molecular formula is C20H18O4. The van der Waals surface area contributed by atoms with Gasteiger partial charge in [0.2, 0.25) is 0 Å². The molecule has 0 aliphatic heterocycles. The van der Waals surface area contributed by atoms with Crippen LogP contribution in [0.2, 0.25) is 0 Å².